The third-order valence-corrected chi connectivity index (χ3v) is 7.29. The summed E-state index contributed by atoms with van der Waals surface area (Å²) < 4.78 is 31.5. The molecule has 0 aliphatic carbocycles. The molecule has 180 valence electrons. The van der Waals surface area contributed by atoms with Crippen LogP contribution in [0.1, 0.15) is 37.3 Å². The summed E-state index contributed by atoms with van der Waals surface area (Å²) in [4.78, 5) is 15.5. The maximum absolute atomic E-state index is 13.0. The Morgan fingerprint density at radius 2 is 1.79 bits per heavy atom. The summed E-state index contributed by atoms with van der Waals surface area (Å²) >= 11 is 6.21. The molecular formula is C24H32ClN3O4S. The molecule has 0 saturated carbocycles. The molecule has 1 fully saturated rings. The van der Waals surface area contributed by atoms with Crippen molar-refractivity contribution >= 4 is 33.2 Å². The largest absolute Gasteiger partial charge is 0.495 e. The number of rotatable bonds is 10. The van der Waals surface area contributed by atoms with E-state index in [2.05, 4.69) is 22.3 Å². The number of nitrogens with one attached hydrogen (secondary N) is 1. The van der Waals surface area contributed by atoms with Gasteiger partial charge in [0.2, 0.25) is 15.9 Å². The topological polar surface area (TPSA) is 79.0 Å². The lowest BCUT2D eigenvalue weighted by molar-refractivity contribution is -0.122. The molecule has 0 radical (unpaired) electrons. The number of hydrogen-bond acceptors (Lipinski definition) is 5. The van der Waals surface area contributed by atoms with Crippen molar-refractivity contribution in [3.05, 3.63) is 58.6 Å². The highest BCUT2D eigenvalue weighted by Crippen LogP contribution is 2.31. The molecule has 2 aromatic carbocycles. The molecule has 1 saturated heterocycles. The van der Waals surface area contributed by atoms with Crippen LogP contribution in [0, 0.1) is 0 Å². The lowest BCUT2D eigenvalue weighted by atomic mass is 10.1. The molecule has 7 nitrogen and oxygen atoms in total. The predicted molar refractivity (Wildman–Crippen MR) is 132 cm³/mol. The Bertz CT molecular complexity index is 1050. The number of anilines is 1. The third kappa shape index (κ3) is 6.62. The van der Waals surface area contributed by atoms with E-state index in [0.29, 0.717) is 24.4 Å². The molecule has 0 spiro atoms. The Hall–Kier alpha value is -2.29. The maximum Gasteiger partial charge on any atom is 0.244 e. The van der Waals surface area contributed by atoms with Crippen LogP contribution in [0.3, 0.4) is 0 Å². The first-order valence-electron chi connectivity index (χ1n) is 11.1. The number of methoxy groups -OCH3 is 1. The number of halogens is 1. The molecule has 0 bridgehead atoms. The zero-order valence-electron chi connectivity index (χ0n) is 19.4. The van der Waals surface area contributed by atoms with Gasteiger partial charge < -0.3 is 10.1 Å². The van der Waals surface area contributed by atoms with E-state index in [4.69, 9.17) is 16.3 Å². The van der Waals surface area contributed by atoms with E-state index in [1.807, 2.05) is 12.1 Å². The fourth-order valence-corrected chi connectivity index (χ4v) is 5.58. The Kier molecular flexibility index (Phi) is 8.62. The van der Waals surface area contributed by atoms with E-state index in [0.717, 1.165) is 35.8 Å². The lowest BCUT2D eigenvalue weighted by Gasteiger charge is -2.30. The van der Waals surface area contributed by atoms with Gasteiger partial charge in [-0.25, -0.2) is 8.42 Å². The number of nitrogens with zero attached hydrogens (tertiary/aromatic N) is 2. The molecular weight excluding hydrogens is 462 g/mol. The molecule has 33 heavy (non-hydrogen) atoms. The number of sulfonamides is 1. The molecule has 1 aliphatic rings. The first-order chi connectivity index (χ1) is 15.7. The van der Waals surface area contributed by atoms with E-state index in [1.165, 1.54) is 31.6 Å². The van der Waals surface area contributed by atoms with Gasteiger partial charge >= 0.3 is 0 Å². The number of carbonyl (C=O) groups is 1. The number of ether oxygens (including phenoxy) is 1. The second-order valence-corrected chi connectivity index (χ2v) is 10.6. The molecule has 1 N–H and O–H groups in total. The van der Waals surface area contributed by atoms with Crippen LogP contribution >= 0.6 is 11.6 Å². The lowest BCUT2D eigenvalue weighted by Crippen LogP contribution is -2.49. The highest BCUT2D eigenvalue weighted by atomic mass is 35.5. The van der Waals surface area contributed by atoms with E-state index >= 15 is 0 Å². The summed E-state index contributed by atoms with van der Waals surface area (Å²) in [6.07, 6.45) is 3.91. The van der Waals surface area contributed by atoms with Gasteiger partial charge in [-0.15, -0.1) is 0 Å². The molecule has 9 heteroatoms. The van der Waals surface area contributed by atoms with Crippen LogP contribution in [0.2, 0.25) is 5.02 Å². The Morgan fingerprint density at radius 1 is 1.15 bits per heavy atom. The van der Waals surface area contributed by atoms with Gasteiger partial charge in [0, 0.05) is 13.1 Å². The standard InChI is InChI=1S/C24H32ClN3O4S/c1-4-22(28(33(3,30)31)20-11-12-23(32-2)21(25)15-20)24(29)26-16-18-7-9-19(10-8-18)17-27-13-5-6-14-27/h7-12,15,22H,4-6,13-14,16-17H2,1-3H3,(H,26,29). The Morgan fingerprint density at radius 3 is 2.33 bits per heavy atom. The summed E-state index contributed by atoms with van der Waals surface area (Å²) in [5, 5.41) is 3.16. The zero-order chi connectivity index (χ0) is 24.0. The molecule has 0 aromatic heterocycles. The summed E-state index contributed by atoms with van der Waals surface area (Å²) in [5.41, 5.74) is 2.52. The molecule has 1 unspecified atom stereocenters. The fraction of sp³-hybridized carbons (Fsp3) is 0.458. The summed E-state index contributed by atoms with van der Waals surface area (Å²) in [5.74, 6) is 0.0653. The average Bonchev–Trinajstić information content (AvgIpc) is 3.29. The molecule has 1 atom stereocenters. The Balaban J connectivity index is 1.69. The van der Waals surface area contributed by atoms with Gasteiger partial charge in [-0.2, -0.15) is 0 Å². The summed E-state index contributed by atoms with van der Waals surface area (Å²) in [6.45, 7) is 5.33. The van der Waals surface area contributed by atoms with E-state index in [-0.39, 0.29) is 10.9 Å². The molecule has 2 aromatic rings. The SMILES string of the molecule is CCC(C(=O)NCc1ccc(CN2CCCC2)cc1)N(c1ccc(OC)c(Cl)c1)S(C)(=O)=O. The average molecular weight is 494 g/mol. The highest BCUT2D eigenvalue weighted by Gasteiger charge is 2.31. The van der Waals surface area contributed by atoms with E-state index in [1.54, 1.807) is 19.1 Å². The minimum absolute atomic E-state index is 0.271. The first-order valence-corrected chi connectivity index (χ1v) is 13.4. The first kappa shape index (κ1) is 25.3. The normalized spacial score (nSPS) is 15.3. The van der Waals surface area contributed by atoms with Gasteiger partial charge in [0.05, 0.1) is 24.1 Å². The van der Waals surface area contributed by atoms with Crippen LogP contribution in [0.4, 0.5) is 5.69 Å². The van der Waals surface area contributed by atoms with Crippen LogP contribution in [0.5, 0.6) is 5.75 Å². The van der Waals surface area contributed by atoms with E-state index in [9.17, 15) is 13.2 Å². The smallest absolute Gasteiger partial charge is 0.244 e. The number of likely N-dealkylation sites (tertiary alicyclic amines) is 1. The van der Waals surface area contributed by atoms with Crippen molar-refractivity contribution in [2.24, 2.45) is 0 Å². The quantitative estimate of drug-likeness (QED) is 0.544. The van der Waals surface area contributed by atoms with Crippen molar-refractivity contribution in [2.45, 2.75) is 45.3 Å². The van der Waals surface area contributed by atoms with Gasteiger partial charge in [-0.3, -0.25) is 14.0 Å². The molecule has 3 rings (SSSR count). The maximum atomic E-state index is 13.0. The van der Waals surface area contributed by atoms with Gasteiger partial charge in [-0.1, -0.05) is 42.8 Å². The molecule has 1 heterocycles. The molecule has 1 aliphatic heterocycles. The van der Waals surface area contributed by atoms with Crippen molar-refractivity contribution in [1.82, 2.24) is 10.2 Å². The van der Waals surface area contributed by atoms with Gasteiger partial charge in [0.25, 0.3) is 0 Å². The van der Waals surface area contributed by atoms with Gasteiger partial charge in [0.15, 0.2) is 0 Å². The second kappa shape index (κ2) is 11.2. The van der Waals surface area contributed by atoms with Crippen LogP contribution in [0.25, 0.3) is 0 Å². The monoisotopic (exact) mass is 493 g/mol. The number of hydrogen-bond donors (Lipinski definition) is 1. The van der Waals surface area contributed by atoms with Crippen LogP contribution in [0.15, 0.2) is 42.5 Å². The minimum atomic E-state index is -3.74. The summed E-state index contributed by atoms with van der Waals surface area (Å²) in [7, 11) is -2.26. The number of benzene rings is 2. The second-order valence-electron chi connectivity index (χ2n) is 8.32. The van der Waals surface area contributed by atoms with Crippen molar-refractivity contribution in [3.8, 4) is 5.75 Å². The van der Waals surface area contributed by atoms with Crippen molar-refractivity contribution in [1.29, 1.82) is 0 Å². The number of carbonyl (C=O) groups excluding carboxylic acids is 1. The number of amides is 1. The van der Waals surface area contributed by atoms with Crippen molar-refractivity contribution in [2.75, 3.05) is 30.8 Å². The van der Waals surface area contributed by atoms with Crippen molar-refractivity contribution in [3.63, 3.8) is 0 Å². The van der Waals surface area contributed by atoms with E-state index < -0.39 is 16.1 Å². The van der Waals surface area contributed by atoms with Crippen LogP contribution < -0.4 is 14.4 Å². The molecule has 1 amide bonds. The minimum Gasteiger partial charge on any atom is -0.495 e. The van der Waals surface area contributed by atoms with Crippen molar-refractivity contribution < 1.29 is 17.9 Å². The van der Waals surface area contributed by atoms with Gasteiger partial charge in [-0.05, 0) is 61.7 Å². The third-order valence-electron chi connectivity index (χ3n) is 5.81. The fourth-order valence-electron chi connectivity index (χ4n) is 4.12. The highest BCUT2D eigenvalue weighted by molar-refractivity contribution is 7.92. The van der Waals surface area contributed by atoms with Crippen LogP contribution in [-0.4, -0.2) is 51.7 Å². The van der Waals surface area contributed by atoms with Gasteiger partial charge in [0.1, 0.15) is 11.8 Å². The summed E-state index contributed by atoms with van der Waals surface area (Å²) in [6, 6.07) is 11.9. The zero-order valence-corrected chi connectivity index (χ0v) is 21.0. The Labute approximate surface area is 201 Å². The predicted octanol–water partition coefficient (Wildman–Crippen LogP) is 3.81. The van der Waals surface area contributed by atoms with Crippen LogP contribution in [-0.2, 0) is 27.9 Å².